The summed E-state index contributed by atoms with van der Waals surface area (Å²) >= 11 is 0. The summed E-state index contributed by atoms with van der Waals surface area (Å²) in [6, 6.07) is 9.13. The molecule has 0 heterocycles. The molecule has 1 aliphatic rings. The van der Waals surface area contributed by atoms with Crippen LogP contribution in [0.15, 0.2) is 54.1 Å². The average Bonchev–Trinajstić information content (AvgIpc) is 2.47. The zero-order chi connectivity index (χ0) is 13.5. The second kappa shape index (κ2) is 6.90. The van der Waals surface area contributed by atoms with Gasteiger partial charge in [0, 0.05) is 0 Å². The molecule has 1 aromatic carbocycles. The van der Waals surface area contributed by atoms with E-state index in [-0.39, 0.29) is 5.97 Å². The number of esters is 1. The Morgan fingerprint density at radius 3 is 2.74 bits per heavy atom. The van der Waals surface area contributed by atoms with Gasteiger partial charge >= 0.3 is 5.97 Å². The van der Waals surface area contributed by atoms with Crippen LogP contribution >= 0.6 is 0 Å². The van der Waals surface area contributed by atoms with Gasteiger partial charge in [-0.2, -0.15) is 0 Å². The number of carbonyl (C=O) groups excluding carboxylic acids is 1. The number of ether oxygens (including phenoxy) is 1. The van der Waals surface area contributed by atoms with Gasteiger partial charge in [-0.05, 0) is 30.4 Å². The SMILES string of the molecule is N[C@@H](Cc1ccccc1)C(=O)OCC1=CCCC=C1. The third kappa shape index (κ3) is 4.38. The molecule has 1 aliphatic carbocycles. The predicted molar refractivity (Wildman–Crippen MR) is 75.5 cm³/mol. The number of carbonyl (C=O) groups is 1. The number of nitrogens with two attached hydrogens (primary N) is 1. The minimum Gasteiger partial charge on any atom is -0.460 e. The predicted octanol–water partition coefficient (Wildman–Crippen LogP) is 2.38. The van der Waals surface area contributed by atoms with Gasteiger partial charge in [0.25, 0.3) is 0 Å². The maximum atomic E-state index is 11.8. The molecule has 2 rings (SSSR count). The first-order chi connectivity index (χ1) is 9.25. The van der Waals surface area contributed by atoms with Crippen LogP contribution in [0, 0.1) is 0 Å². The van der Waals surface area contributed by atoms with Crippen molar-refractivity contribution >= 4 is 5.97 Å². The van der Waals surface area contributed by atoms with E-state index in [0.717, 1.165) is 24.0 Å². The van der Waals surface area contributed by atoms with Crippen LogP contribution in [0.5, 0.6) is 0 Å². The van der Waals surface area contributed by atoms with Gasteiger partial charge in [0.1, 0.15) is 12.6 Å². The molecule has 0 saturated carbocycles. The monoisotopic (exact) mass is 257 g/mol. The summed E-state index contributed by atoms with van der Waals surface area (Å²) in [4.78, 5) is 11.8. The van der Waals surface area contributed by atoms with E-state index in [2.05, 4.69) is 12.2 Å². The molecule has 1 atom stereocenters. The molecule has 0 saturated heterocycles. The lowest BCUT2D eigenvalue weighted by atomic mass is 10.1. The van der Waals surface area contributed by atoms with Crippen LogP contribution < -0.4 is 5.73 Å². The molecule has 0 spiro atoms. The molecular formula is C16H19NO2. The fourth-order valence-corrected chi connectivity index (χ4v) is 1.99. The smallest absolute Gasteiger partial charge is 0.323 e. The molecule has 0 radical (unpaired) electrons. The van der Waals surface area contributed by atoms with E-state index >= 15 is 0 Å². The molecule has 0 fully saturated rings. The van der Waals surface area contributed by atoms with E-state index in [9.17, 15) is 4.79 Å². The van der Waals surface area contributed by atoms with Crippen molar-refractivity contribution in [3.05, 3.63) is 59.7 Å². The van der Waals surface area contributed by atoms with Crippen LogP contribution in [-0.2, 0) is 16.0 Å². The summed E-state index contributed by atoms with van der Waals surface area (Å²) in [6.07, 6.45) is 8.77. The molecule has 19 heavy (non-hydrogen) atoms. The van der Waals surface area contributed by atoms with Crippen LogP contribution in [0.4, 0.5) is 0 Å². The van der Waals surface area contributed by atoms with Gasteiger partial charge in [-0.3, -0.25) is 4.79 Å². The Hall–Kier alpha value is -1.87. The van der Waals surface area contributed by atoms with Gasteiger partial charge in [-0.1, -0.05) is 48.6 Å². The van der Waals surface area contributed by atoms with Crippen LogP contribution in [0.25, 0.3) is 0 Å². The molecule has 3 nitrogen and oxygen atoms in total. The first-order valence-corrected chi connectivity index (χ1v) is 6.57. The Morgan fingerprint density at radius 1 is 1.26 bits per heavy atom. The Labute approximate surface area is 113 Å². The minimum absolute atomic E-state index is 0.317. The first-order valence-electron chi connectivity index (χ1n) is 6.57. The third-order valence-electron chi connectivity index (χ3n) is 3.05. The van der Waals surface area contributed by atoms with Crippen molar-refractivity contribution < 1.29 is 9.53 Å². The van der Waals surface area contributed by atoms with Crippen LogP contribution in [0.1, 0.15) is 18.4 Å². The maximum absolute atomic E-state index is 11.8. The van der Waals surface area contributed by atoms with E-state index in [1.165, 1.54) is 0 Å². The summed E-state index contributed by atoms with van der Waals surface area (Å²) < 4.78 is 5.23. The van der Waals surface area contributed by atoms with E-state index in [1.54, 1.807) is 0 Å². The van der Waals surface area contributed by atoms with Crippen LogP contribution in [0.2, 0.25) is 0 Å². The lowest BCUT2D eigenvalue weighted by Gasteiger charge is -2.13. The van der Waals surface area contributed by atoms with Gasteiger partial charge < -0.3 is 10.5 Å². The summed E-state index contributed by atoms with van der Waals surface area (Å²) in [5, 5.41) is 0. The lowest BCUT2D eigenvalue weighted by molar-refractivity contribution is -0.144. The Morgan fingerprint density at radius 2 is 2.05 bits per heavy atom. The minimum atomic E-state index is -0.601. The standard InChI is InChI=1S/C16H19NO2/c17-15(11-13-7-3-1-4-8-13)16(18)19-12-14-9-5-2-6-10-14/h1,3-5,7-10,15H,2,6,11-12,17H2/t15-/m0/s1. The Kier molecular flexibility index (Phi) is 4.93. The zero-order valence-corrected chi connectivity index (χ0v) is 10.9. The molecule has 0 aliphatic heterocycles. The highest BCUT2D eigenvalue weighted by Gasteiger charge is 2.15. The Balaban J connectivity index is 1.79. The average molecular weight is 257 g/mol. The molecule has 100 valence electrons. The normalized spacial score (nSPS) is 15.7. The Bertz CT molecular complexity index is 477. The maximum Gasteiger partial charge on any atom is 0.323 e. The number of rotatable bonds is 5. The van der Waals surface area contributed by atoms with Gasteiger partial charge in [0.2, 0.25) is 0 Å². The van der Waals surface area contributed by atoms with Gasteiger partial charge in [-0.15, -0.1) is 0 Å². The van der Waals surface area contributed by atoms with Crippen molar-refractivity contribution in [3.63, 3.8) is 0 Å². The van der Waals surface area contributed by atoms with Crippen LogP contribution in [0.3, 0.4) is 0 Å². The van der Waals surface area contributed by atoms with Gasteiger partial charge in [0.15, 0.2) is 0 Å². The van der Waals surface area contributed by atoms with Crippen LogP contribution in [-0.4, -0.2) is 18.6 Å². The van der Waals surface area contributed by atoms with Crippen molar-refractivity contribution in [2.24, 2.45) is 5.73 Å². The molecule has 0 aromatic heterocycles. The third-order valence-corrected chi connectivity index (χ3v) is 3.05. The fourth-order valence-electron chi connectivity index (χ4n) is 1.99. The molecule has 0 bridgehead atoms. The van der Waals surface area contributed by atoms with Crippen molar-refractivity contribution in [2.45, 2.75) is 25.3 Å². The second-order valence-electron chi connectivity index (χ2n) is 4.66. The van der Waals surface area contributed by atoms with E-state index in [4.69, 9.17) is 10.5 Å². The summed E-state index contributed by atoms with van der Waals surface area (Å²) in [5.74, 6) is -0.344. The van der Waals surface area contributed by atoms with Gasteiger partial charge in [0.05, 0.1) is 0 Å². The van der Waals surface area contributed by atoms with Crippen molar-refractivity contribution in [2.75, 3.05) is 6.61 Å². The van der Waals surface area contributed by atoms with Crippen molar-refractivity contribution in [3.8, 4) is 0 Å². The molecule has 3 heteroatoms. The van der Waals surface area contributed by atoms with E-state index in [0.29, 0.717) is 13.0 Å². The largest absolute Gasteiger partial charge is 0.460 e. The van der Waals surface area contributed by atoms with Gasteiger partial charge in [-0.25, -0.2) is 0 Å². The molecule has 0 amide bonds. The zero-order valence-electron chi connectivity index (χ0n) is 10.9. The second-order valence-corrected chi connectivity index (χ2v) is 4.66. The fraction of sp³-hybridized carbons (Fsp3) is 0.312. The first kappa shape index (κ1) is 13.6. The molecule has 0 unspecified atom stereocenters. The summed E-state index contributed by atoms with van der Waals surface area (Å²) in [5.41, 5.74) is 7.95. The summed E-state index contributed by atoms with van der Waals surface area (Å²) in [6.45, 7) is 0.317. The quantitative estimate of drug-likeness (QED) is 0.824. The number of hydrogen-bond acceptors (Lipinski definition) is 3. The van der Waals surface area contributed by atoms with Crippen molar-refractivity contribution in [1.82, 2.24) is 0 Å². The number of allylic oxidation sites excluding steroid dienone is 2. The topological polar surface area (TPSA) is 52.3 Å². The lowest BCUT2D eigenvalue weighted by Crippen LogP contribution is -2.34. The highest BCUT2D eigenvalue weighted by Crippen LogP contribution is 2.10. The molecular weight excluding hydrogens is 238 g/mol. The van der Waals surface area contributed by atoms with E-state index < -0.39 is 6.04 Å². The molecule has 2 N–H and O–H groups in total. The summed E-state index contributed by atoms with van der Waals surface area (Å²) in [7, 11) is 0. The highest BCUT2D eigenvalue weighted by molar-refractivity contribution is 5.76. The number of benzene rings is 1. The number of hydrogen-bond donors (Lipinski definition) is 1. The van der Waals surface area contributed by atoms with Crippen molar-refractivity contribution in [1.29, 1.82) is 0 Å². The van der Waals surface area contributed by atoms with E-state index in [1.807, 2.05) is 36.4 Å². The highest BCUT2D eigenvalue weighted by atomic mass is 16.5. The molecule has 1 aromatic rings.